The predicted octanol–water partition coefficient (Wildman–Crippen LogP) is 4.05. The molecular formula is C20H26N4O2S2. The highest BCUT2D eigenvalue weighted by Gasteiger charge is 2.34. The lowest BCUT2D eigenvalue weighted by atomic mass is 9.97. The van der Waals surface area contributed by atoms with Gasteiger partial charge in [-0.05, 0) is 30.7 Å². The minimum atomic E-state index is -0.0260. The number of nitrogens with zero attached hydrogens (tertiary/aromatic N) is 3. The van der Waals surface area contributed by atoms with Crippen molar-refractivity contribution < 1.29 is 9.59 Å². The molecule has 1 heterocycles. The fourth-order valence-corrected chi connectivity index (χ4v) is 4.81. The third-order valence-corrected chi connectivity index (χ3v) is 6.48. The fraction of sp³-hybridized carbons (Fsp3) is 0.500. The van der Waals surface area contributed by atoms with Crippen molar-refractivity contribution in [3.8, 4) is 0 Å². The number of amides is 2. The van der Waals surface area contributed by atoms with E-state index in [-0.39, 0.29) is 29.7 Å². The van der Waals surface area contributed by atoms with Crippen LogP contribution in [0.15, 0.2) is 34.7 Å². The second-order valence-corrected chi connectivity index (χ2v) is 9.60. The molecule has 2 amide bonds. The van der Waals surface area contributed by atoms with E-state index in [0.717, 1.165) is 24.8 Å². The van der Waals surface area contributed by atoms with Gasteiger partial charge in [-0.15, -0.1) is 10.2 Å². The van der Waals surface area contributed by atoms with Crippen molar-refractivity contribution in [2.45, 2.75) is 56.5 Å². The summed E-state index contributed by atoms with van der Waals surface area (Å²) in [6.07, 6.45) is 2.92. The maximum atomic E-state index is 12.5. The van der Waals surface area contributed by atoms with Crippen LogP contribution in [-0.4, -0.2) is 33.8 Å². The Balaban J connectivity index is 1.56. The average Bonchev–Trinajstić information content (AvgIpc) is 3.37. The Bertz CT molecular complexity index is 806. The lowest BCUT2D eigenvalue weighted by Crippen LogP contribution is -2.30. The molecule has 6 nitrogen and oxygen atoms in total. The Kier molecular flexibility index (Phi) is 7.07. The number of hydrogen-bond acceptors (Lipinski definition) is 6. The number of nitrogens with one attached hydrogen (secondary N) is 1. The van der Waals surface area contributed by atoms with Gasteiger partial charge in [0.05, 0.1) is 11.8 Å². The third kappa shape index (κ3) is 5.78. The minimum absolute atomic E-state index is 0.00218. The Morgan fingerprint density at radius 3 is 2.57 bits per heavy atom. The van der Waals surface area contributed by atoms with Gasteiger partial charge in [-0.25, -0.2) is 0 Å². The van der Waals surface area contributed by atoms with Crippen LogP contribution in [0.1, 0.15) is 51.6 Å². The van der Waals surface area contributed by atoms with E-state index in [4.69, 9.17) is 0 Å². The number of thioether (sulfide) groups is 1. The van der Waals surface area contributed by atoms with Crippen LogP contribution in [0.4, 0.5) is 5.13 Å². The Hall–Kier alpha value is -1.93. The van der Waals surface area contributed by atoms with Crippen LogP contribution < -0.4 is 10.2 Å². The van der Waals surface area contributed by atoms with Crippen LogP contribution in [0.5, 0.6) is 0 Å². The van der Waals surface area contributed by atoms with Crippen LogP contribution in [0.25, 0.3) is 0 Å². The van der Waals surface area contributed by atoms with Gasteiger partial charge in [0.15, 0.2) is 4.34 Å². The molecule has 0 spiro atoms. The summed E-state index contributed by atoms with van der Waals surface area (Å²) in [6, 6.07) is 10.3. The van der Waals surface area contributed by atoms with E-state index in [0.29, 0.717) is 15.4 Å². The number of hydrogen-bond donors (Lipinski definition) is 1. The van der Waals surface area contributed by atoms with Crippen molar-refractivity contribution >= 4 is 40.0 Å². The molecule has 1 fully saturated rings. The zero-order valence-corrected chi connectivity index (χ0v) is 18.1. The molecule has 0 saturated heterocycles. The number of anilines is 1. The van der Waals surface area contributed by atoms with E-state index in [1.807, 2.05) is 30.3 Å². The largest absolute Gasteiger partial charge is 0.349 e. The van der Waals surface area contributed by atoms with Gasteiger partial charge in [0, 0.05) is 13.0 Å². The molecule has 150 valence electrons. The molecule has 3 rings (SSSR count). The smallest absolute Gasteiger partial charge is 0.230 e. The standard InChI is InChI=1S/C20H26N4O2S2/c1-13(2)11-17(15-7-5-4-6-8-15)21-18(26)12-27-20-23-22-19(28-20)24(14(3)25)16-9-10-16/h4-8,13,16-17H,9-12H2,1-3H3,(H,21,26). The molecule has 8 heteroatoms. The van der Waals surface area contributed by atoms with E-state index >= 15 is 0 Å². The minimum Gasteiger partial charge on any atom is -0.349 e. The summed E-state index contributed by atoms with van der Waals surface area (Å²) in [5.74, 6) is 0.720. The first kappa shape index (κ1) is 20.8. The zero-order chi connectivity index (χ0) is 20.1. The fourth-order valence-electron chi connectivity index (χ4n) is 3.04. The molecule has 1 saturated carbocycles. The zero-order valence-electron chi connectivity index (χ0n) is 16.4. The van der Waals surface area contributed by atoms with Crippen molar-refractivity contribution in [2.24, 2.45) is 5.92 Å². The van der Waals surface area contributed by atoms with E-state index in [9.17, 15) is 9.59 Å². The number of benzene rings is 1. The molecule has 1 N–H and O–H groups in total. The summed E-state index contributed by atoms with van der Waals surface area (Å²) in [5.41, 5.74) is 1.12. The molecule has 1 atom stereocenters. The van der Waals surface area contributed by atoms with E-state index in [1.165, 1.54) is 23.1 Å². The van der Waals surface area contributed by atoms with Gasteiger partial charge in [0.25, 0.3) is 0 Å². The molecule has 0 bridgehead atoms. The van der Waals surface area contributed by atoms with Crippen LogP contribution >= 0.6 is 23.1 Å². The molecule has 2 aromatic rings. The Labute approximate surface area is 174 Å². The van der Waals surface area contributed by atoms with E-state index in [1.54, 1.807) is 11.8 Å². The SMILES string of the molecule is CC(=O)N(c1nnc(SCC(=O)NC(CC(C)C)c2ccccc2)s1)C1CC1. The highest BCUT2D eigenvalue weighted by molar-refractivity contribution is 8.01. The molecule has 0 radical (unpaired) electrons. The highest BCUT2D eigenvalue weighted by Crippen LogP contribution is 2.35. The van der Waals surface area contributed by atoms with Gasteiger partial charge in [0.2, 0.25) is 16.9 Å². The van der Waals surface area contributed by atoms with Gasteiger partial charge >= 0.3 is 0 Å². The quantitative estimate of drug-likeness (QED) is 0.491. The summed E-state index contributed by atoms with van der Waals surface area (Å²) < 4.78 is 0.706. The lowest BCUT2D eigenvalue weighted by Gasteiger charge is -2.21. The van der Waals surface area contributed by atoms with Crippen LogP contribution in [-0.2, 0) is 9.59 Å². The van der Waals surface area contributed by atoms with E-state index in [2.05, 4.69) is 29.4 Å². The summed E-state index contributed by atoms with van der Waals surface area (Å²) in [6.45, 7) is 5.86. The summed E-state index contributed by atoms with van der Waals surface area (Å²) in [7, 11) is 0. The predicted molar refractivity (Wildman–Crippen MR) is 114 cm³/mol. The number of carbonyl (C=O) groups is 2. The Morgan fingerprint density at radius 2 is 1.96 bits per heavy atom. The molecule has 28 heavy (non-hydrogen) atoms. The normalized spacial score (nSPS) is 14.7. The van der Waals surface area contributed by atoms with Crippen molar-refractivity contribution in [3.63, 3.8) is 0 Å². The first-order chi connectivity index (χ1) is 13.4. The Morgan fingerprint density at radius 1 is 1.25 bits per heavy atom. The van der Waals surface area contributed by atoms with Gasteiger partial charge in [0.1, 0.15) is 0 Å². The maximum Gasteiger partial charge on any atom is 0.230 e. The van der Waals surface area contributed by atoms with E-state index < -0.39 is 0 Å². The third-order valence-electron chi connectivity index (χ3n) is 4.42. The molecule has 1 aromatic heterocycles. The molecule has 1 aliphatic carbocycles. The summed E-state index contributed by atoms with van der Waals surface area (Å²) in [4.78, 5) is 26.1. The molecule has 1 aliphatic rings. The van der Waals surface area contributed by atoms with Crippen LogP contribution in [0.2, 0.25) is 0 Å². The molecule has 1 aromatic carbocycles. The van der Waals surface area contributed by atoms with Crippen molar-refractivity contribution in [1.29, 1.82) is 0 Å². The van der Waals surface area contributed by atoms with Crippen LogP contribution in [0.3, 0.4) is 0 Å². The summed E-state index contributed by atoms with van der Waals surface area (Å²) >= 11 is 2.73. The number of rotatable bonds is 9. The van der Waals surface area contributed by atoms with Crippen molar-refractivity contribution in [1.82, 2.24) is 15.5 Å². The molecular weight excluding hydrogens is 392 g/mol. The van der Waals surface area contributed by atoms with Crippen LogP contribution in [0, 0.1) is 5.92 Å². The first-order valence-electron chi connectivity index (χ1n) is 9.54. The monoisotopic (exact) mass is 418 g/mol. The average molecular weight is 419 g/mol. The second-order valence-electron chi connectivity index (χ2n) is 7.42. The first-order valence-corrected chi connectivity index (χ1v) is 11.3. The molecule has 0 aliphatic heterocycles. The van der Waals surface area contributed by atoms with Gasteiger partial charge < -0.3 is 5.32 Å². The molecule has 1 unspecified atom stereocenters. The second kappa shape index (κ2) is 9.52. The highest BCUT2D eigenvalue weighted by atomic mass is 32.2. The number of aromatic nitrogens is 2. The van der Waals surface area contributed by atoms with Gasteiger partial charge in [-0.1, -0.05) is 67.3 Å². The van der Waals surface area contributed by atoms with Gasteiger partial charge in [-0.3, -0.25) is 14.5 Å². The topological polar surface area (TPSA) is 75.2 Å². The van der Waals surface area contributed by atoms with Crippen molar-refractivity contribution in [3.05, 3.63) is 35.9 Å². The summed E-state index contributed by atoms with van der Waals surface area (Å²) in [5, 5.41) is 12.1. The maximum absolute atomic E-state index is 12.5. The van der Waals surface area contributed by atoms with Gasteiger partial charge in [-0.2, -0.15) is 0 Å². The number of carbonyl (C=O) groups excluding carboxylic acids is 2. The van der Waals surface area contributed by atoms with Crippen molar-refractivity contribution in [2.75, 3.05) is 10.7 Å². The lowest BCUT2D eigenvalue weighted by molar-refractivity contribution is -0.119.